The summed E-state index contributed by atoms with van der Waals surface area (Å²) in [6.07, 6.45) is 0. The van der Waals surface area contributed by atoms with Crippen LogP contribution in [-0.2, 0) is 10.0 Å². The van der Waals surface area contributed by atoms with Crippen molar-refractivity contribution in [2.45, 2.75) is 10.9 Å². The molecule has 3 aromatic carbocycles. The van der Waals surface area contributed by atoms with Gasteiger partial charge in [-0.05, 0) is 59.7 Å². The number of nitrogens with one attached hydrogen (secondary N) is 1. The molecule has 0 atom stereocenters. The topological polar surface area (TPSA) is 83.1 Å². The van der Waals surface area contributed by atoms with Crippen LogP contribution in [0.3, 0.4) is 0 Å². The molecule has 0 aliphatic heterocycles. The van der Waals surface area contributed by atoms with E-state index in [1.807, 2.05) is 0 Å². The van der Waals surface area contributed by atoms with Crippen molar-refractivity contribution in [1.29, 1.82) is 0 Å². The van der Waals surface area contributed by atoms with Gasteiger partial charge in [0.2, 0.25) is 10.0 Å². The highest BCUT2D eigenvalue weighted by atomic mass is 35.5. The fourth-order valence-corrected chi connectivity index (χ4v) is 4.57. The Morgan fingerprint density at radius 2 is 1.12 bits per heavy atom. The van der Waals surface area contributed by atoms with Gasteiger partial charge >= 0.3 is 0 Å². The van der Waals surface area contributed by atoms with Crippen LogP contribution in [0.25, 0.3) is 0 Å². The van der Waals surface area contributed by atoms with Crippen LogP contribution < -0.4 is 23.7 Å². The highest BCUT2D eigenvalue weighted by molar-refractivity contribution is 7.89. The van der Waals surface area contributed by atoms with E-state index in [1.54, 1.807) is 36.4 Å². The van der Waals surface area contributed by atoms with Crippen LogP contribution in [0.4, 0.5) is 0 Å². The lowest BCUT2D eigenvalue weighted by Gasteiger charge is -2.22. The zero-order valence-electron chi connectivity index (χ0n) is 18.5. The predicted octanol–water partition coefficient (Wildman–Crippen LogP) is 4.86. The molecule has 3 aromatic rings. The van der Waals surface area contributed by atoms with Crippen LogP contribution in [-0.4, -0.2) is 36.9 Å². The Hall–Kier alpha value is -2.65. The first-order valence-electron chi connectivity index (χ1n) is 9.54. The lowest BCUT2D eigenvalue weighted by atomic mass is 9.98. The van der Waals surface area contributed by atoms with E-state index in [2.05, 4.69) is 4.72 Å². The molecule has 7 nitrogen and oxygen atoms in total. The highest BCUT2D eigenvalue weighted by Crippen LogP contribution is 2.36. The van der Waals surface area contributed by atoms with Gasteiger partial charge in [-0.25, -0.2) is 8.42 Å². The van der Waals surface area contributed by atoms with Crippen molar-refractivity contribution in [3.63, 3.8) is 0 Å². The van der Waals surface area contributed by atoms with E-state index in [9.17, 15) is 8.42 Å². The minimum Gasteiger partial charge on any atom is -0.493 e. The number of hydrogen-bond acceptors (Lipinski definition) is 6. The molecule has 0 bridgehead atoms. The smallest absolute Gasteiger partial charge is 0.241 e. The molecule has 0 unspecified atom stereocenters. The summed E-state index contributed by atoms with van der Waals surface area (Å²) in [6, 6.07) is 15.6. The van der Waals surface area contributed by atoms with E-state index < -0.39 is 16.1 Å². The van der Waals surface area contributed by atoms with Crippen LogP contribution in [0.5, 0.6) is 23.0 Å². The third kappa shape index (κ3) is 6.03. The van der Waals surface area contributed by atoms with Crippen LogP contribution in [0.15, 0.2) is 65.6 Å². The molecule has 0 spiro atoms. The first-order chi connectivity index (χ1) is 15.3. The minimum absolute atomic E-state index is 0. The van der Waals surface area contributed by atoms with Gasteiger partial charge in [0.05, 0.1) is 39.4 Å². The molecule has 3 rings (SSSR count). The van der Waals surface area contributed by atoms with E-state index in [0.717, 1.165) is 0 Å². The Kier molecular flexibility index (Phi) is 9.25. The maximum absolute atomic E-state index is 13.2. The van der Waals surface area contributed by atoms with E-state index in [1.165, 1.54) is 52.7 Å². The van der Waals surface area contributed by atoms with Crippen molar-refractivity contribution < 1.29 is 27.4 Å². The van der Waals surface area contributed by atoms with E-state index in [4.69, 9.17) is 30.5 Å². The number of ether oxygens (including phenoxy) is 4. The van der Waals surface area contributed by atoms with Crippen LogP contribution >= 0.6 is 24.0 Å². The summed E-state index contributed by atoms with van der Waals surface area (Å²) in [5, 5.41) is 0.445. The quantitative estimate of drug-likeness (QED) is 0.439. The predicted molar refractivity (Wildman–Crippen MR) is 130 cm³/mol. The van der Waals surface area contributed by atoms with Crippen LogP contribution in [0.2, 0.25) is 5.02 Å². The summed E-state index contributed by atoms with van der Waals surface area (Å²) in [5.74, 6) is 2.01. The molecule has 0 radical (unpaired) electrons. The molecule has 0 aromatic heterocycles. The second kappa shape index (κ2) is 11.5. The molecular weight excluding hydrogens is 489 g/mol. The van der Waals surface area contributed by atoms with Gasteiger partial charge in [0.15, 0.2) is 23.0 Å². The first-order valence-corrected chi connectivity index (χ1v) is 11.4. The third-order valence-electron chi connectivity index (χ3n) is 4.88. The Morgan fingerprint density at radius 3 is 1.52 bits per heavy atom. The fourth-order valence-electron chi connectivity index (χ4n) is 3.23. The van der Waals surface area contributed by atoms with Gasteiger partial charge in [-0.3, -0.25) is 0 Å². The Labute approximate surface area is 205 Å². The van der Waals surface area contributed by atoms with Crippen molar-refractivity contribution in [3.05, 3.63) is 76.8 Å². The van der Waals surface area contributed by atoms with E-state index in [0.29, 0.717) is 39.1 Å². The number of benzene rings is 3. The standard InChI is InChI=1S/C23H24ClNO6S.ClH/c1-28-19-11-5-15(13-21(19)30-3)23(16-6-12-20(29-2)22(14-16)31-4)25-32(26,27)18-9-7-17(24)8-10-18;/h5-14,23,25H,1-4H3;1H. The average molecular weight is 514 g/mol. The third-order valence-corrected chi connectivity index (χ3v) is 6.57. The number of methoxy groups -OCH3 is 4. The van der Waals surface area contributed by atoms with Gasteiger partial charge < -0.3 is 18.9 Å². The Bertz CT molecular complexity index is 1130. The molecule has 0 amide bonds. The summed E-state index contributed by atoms with van der Waals surface area (Å²) in [7, 11) is 2.21. The molecular formula is C23H25Cl2NO6S. The lowest BCUT2D eigenvalue weighted by molar-refractivity contribution is 0.353. The minimum atomic E-state index is -3.90. The summed E-state index contributed by atoms with van der Waals surface area (Å²) >= 11 is 5.92. The Balaban J connectivity index is 0.00000385. The van der Waals surface area contributed by atoms with Crippen molar-refractivity contribution in [1.82, 2.24) is 4.72 Å². The molecule has 0 saturated carbocycles. The maximum atomic E-state index is 13.2. The van der Waals surface area contributed by atoms with E-state index in [-0.39, 0.29) is 17.3 Å². The van der Waals surface area contributed by atoms with E-state index >= 15 is 0 Å². The molecule has 0 saturated heterocycles. The van der Waals surface area contributed by atoms with Gasteiger partial charge in [0, 0.05) is 5.02 Å². The molecule has 0 aliphatic carbocycles. The molecule has 10 heteroatoms. The van der Waals surface area contributed by atoms with Crippen LogP contribution in [0.1, 0.15) is 17.2 Å². The second-order valence-electron chi connectivity index (χ2n) is 6.74. The second-order valence-corrected chi connectivity index (χ2v) is 8.89. The summed E-state index contributed by atoms with van der Waals surface area (Å²) < 4.78 is 50.6. The van der Waals surface area contributed by atoms with Gasteiger partial charge in [0.1, 0.15) is 0 Å². The maximum Gasteiger partial charge on any atom is 0.241 e. The first kappa shape index (κ1) is 26.6. The van der Waals surface area contributed by atoms with Crippen molar-refractivity contribution in [3.8, 4) is 23.0 Å². The van der Waals surface area contributed by atoms with Gasteiger partial charge in [-0.15, -0.1) is 12.4 Å². The van der Waals surface area contributed by atoms with Crippen molar-refractivity contribution in [2.75, 3.05) is 28.4 Å². The zero-order valence-corrected chi connectivity index (χ0v) is 20.9. The number of hydrogen-bond donors (Lipinski definition) is 1. The fraction of sp³-hybridized carbons (Fsp3) is 0.217. The molecule has 1 N–H and O–H groups in total. The monoisotopic (exact) mass is 513 g/mol. The summed E-state index contributed by atoms with van der Waals surface area (Å²) in [4.78, 5) is 0.0906. The zero-order chi connectivity index (χ0) is 23.3. The average Bonchev–Trinajstić information content (AvgIpc) is 2.82. The highest BCUT2D eigenvalue weighted by Gasteiger charge is 2.25. The lowest BCUT2D eigenvalue weighted by Crippen LogP contribution is -2.29. The molecule has 178 valence electrons. The van der Waals surface area contributed by atoms with Crippen LogP contribution in [0, 0.1) is 0 Å². The SMILES string of the molecule is COc1ccc(C(NS(=O)(=O)c2ccc(Cl)cc2)c2ccc(OC)c(OC)c2)cc1OC.Cl. The van der Waals surface area contributed by atoms with Crippen molar-refractivity contribution in [2.24, 2.45) is 0 Å². The molecule has 0 heterocycles. The summed E-state index contributed by atoms with van der Waals surface area (Å²) in [6.45, 7) is 0. The van der Waals surface area contributed by atoms with Crippen molar-refractivity contribution >= 4 is 34.0 Å². The largest absolute Gasteiger partial charge is 0.493 e. The molecule has 0 fully saturated rings. The number of sulfonamides is 1. The normalized spacial score (nSPS) is 11.0. The molecule has 33 heavy (non-hydrogen) atoms. The van der Waals surface area contributed by atoms with Gasteiger partial charge in [-0.1, -0.05) is 23.7 Å². The number of rotatable bonds is 9. The molecule has 0 aliphatic rings. The number of halogens is 2. The summed E-state index contributed by atoms with van der Waals surface area (Å²) in [5.41, 5.74) is 1.29. The van der Waals surface area contributed by atoms with Gasteiger partial charge in [0.25, 0.3) is 0 Å². The van der Waals surface area contributed by atoms with Gasteiger partial charge in [-0.2, -0.15) is 4.72 Å². The Morgan fingerprint density at radius 1 is 0.697 bits per heavy atom.